The minimum Gasteiger partial charge on any atom is -0.376 e. The van der Waals surface area contributed by atoms with Gasteiger partial charge in [0.25, 0.3) is 0 Å². The van der Waals surface area contributed by atoms with Gasteiger partial charge in [-0.25, -0.2) is 0 Å². The number of hydrogen-bond donors (Lipinski definition) is 1. The van der Waals surface area contributed by atoms with Gasteiger partial charge in [0.05, 0.1) is 22.8 Å². The number of aromatic nitrogens is 2. The Morgan fingerprint density at radius 1 is 1.43 bits per heavy atom. The van der Waals surface area contributed by atoms with Crippen molar-refractivity contribution in [3.8, 4) is 0 Å². The summed E-state index contributed by atoms with van der Waals surface area (Å²) in [6.45, 7) is 0. The highest BCUT2D eigenvalue weighted by atomic mass is 35.5. The first kappa shape index (κ1) is 12.2. The molecule has 108 valence electrons. The van der Waals surface area contributed by atoms with E-state index in [1.54, 1.807) is 7.11 Å². The average molecular weight is 301 g/mol. The number of nitrogens with zero attached hydrogens (tertiary/aromatic N) is 1. The predicted octanol–water partition coefficient (Wildman–Crippen LogP) is 3.88. The quantitative estimate of drug-likeness (QED) is 0.868. The van der Waals surface area contributed by atoms with Gasteiger partial charge < -0.3 is 4.74 Å². The lowest BCUT2D eigenvalue weighted by molar-refractivity contribution is 0.0799. The third kappa shape index (κ3) is 1.37. The van der Waals surface area contributed by atoms with Crippen LogP contribution in [-0.2, 0) is 11.2 Å². The monoisotopic (exact) mass is 300 g/mol. The van der Waals surface area contributed by atoms with Gasteiger partial charge in [-0.15, -0.1) is 0 Å². The van der Waals surface area contributed by atoms with Crippen molar-refractivity contribution in [2.45, 2.75) is 31.8 Å². The van der Waals surface area contributed by atoms with Gasteiger partial charge in [-0.1, -0.05) is 17.7 Å². The van der Waals surface area contributed by atoms with E-state index in [0.717, 1.165) is 17.0 Å². The number of hydrogen-bond acceptors (Lipinski definition) is 2. The molecule has 1 spiro atoms. The van der Waals surface area contributed by atoms with Gasteiger partial charge in [0, 0.05) is 17.9 Å². The van der Waals surface area contributed by atoms with Crippen LogP contribution in [0, 0.1) is 11.3 Å². The molecule has 2 bridgehead atoms. The van der Waals surface area contributed by atoms with E-state index in [1.165, 1.54) is 41.3 Å². The summed E-state index contributed by atoms with van der Waals surface area (Å²) in [7, 11) is 1.79. The molecule has 1 saturated carbocycles. The minimum absolute atomic E-state index is 0.0864. The molecule has 1 aromatic carbocycles. The standard InChI is InChI=1S/C17H17ClN2O/c1-21-16-9-4-5-17(6-9)7-11-10(14(17)15(16)18)2-3-13-12(11)8-19-20-13/h2-3,8-9,16H,4-7H2,1H3,(H,19,20)/t9-,16?,17+/m1/s1. The Kier molecular flexibility index (Phi) is 2.28. The molecule has 3 aliphatic rings. The van der Waals surface area contributed by atoms with Crippen LogP contribution in [0.4, 0.5) is 0 Å². The van der Waals surface area contributed by atoms with Crippen molar-refractivity contribution < 1.29 is 4.74 Å². The van der Waals surface area contributed by atoms with Crippen LogP contribution in [0.5, 0.6) is 0 Å². The number of halogens is 1. The molecule has 1 heterocycles. The van der Waals surface area contributed by atoms with Crippen LogP contribution in [0.3, 0.4) is 0 Å². The van der Waals surface area contributed by atoms with Crippen LogP contribution in [0.2, 0.25) is 0 Å². The van der Waals surface area contributed by atoms with Crippen molar-refractivity contribution in [3.63, 3.8) is 0 Å². The number of aromatic amines is 1. The zero-order valence-electron chi connectivity index (χ0n) is 11.9. The van der Waals surface area contributed by atoms with E-state index >= 15 is 0 Å². The lowest BCUT2D eigenvalue weighted by Gasteiger charge is -2.35. The molecule has 5 rings (SSSR count). The Labute approximate surface area is 128 Å². The third-order valence-corrected chi connectivity index (χ3v) is 6.27. The Balaban J connectivity index is 1.82. The van der Waals surface area contributed by atoms with Crippen molar-refractivity contribution in [2.75, 3.05) is 7.11 Å². The maximum absolute atomic E-state index is 6.79. The first-order valence-electron chi connectivity index (χ1n) is 7.62. The van der Waals surface area contributed by atoms with Crippen molar-refractivity contribution in [2.24, 2.45) is 11.3 Å². The van der Waals surface area contributed by atoms with E-state index in [2.05, 4.69) is 22.3 Å². The fraction of sp³-hybridized carbons (Fsp3) is 0.471. The van der Waals surface area contributed by atoms with E-state index in [4.69, 9.17) is 16.3 Å². The van der Waals surface area contributed by atoms with Crippen molar-refractivity contribution >= 4 is 28.1 Å². The van der Waals surface area contributed by atoms with Crippen LogP contribution in [0.1, 0.15) is 30.4 Å². The number of H-pyrrole nitrogens is 1. The number of benzene rings is 1. The predicted molar refractivity (Wildman–Crippen MR) is 83.1 cm³/mol. The fourth-order valence-electron chi connectivity index (χ4n) is 5.05. The van der Waals surface area contributed by atoms with Crippen molar-refractivity contribution in [3.05, 3.63) is 34.5 Å². The summed E-state index contributed by atoms with van der Waals surface area (Å²) in [5.41, 5.74) is 5.49. The Morgan fingerprint density at radius 3 is 3.19 bits per heavy atom. The van der Waals surface area contributed by atoms with Gasteiger partial charge in [-0.3, -0.25) is 5.10 Å². The molecule has 1 aromatic heterocycles. The van der Waals surface area contributed by atoms with Gasteiger partial charge in [-0.05, 0) is 54.4 Å². The van der Waals surface area contributed by atoms with Crippen LogP contribution in [-0.4, -0.2) is 23.4 Å². The van der Waals surface area contributed by atoms with Crippen molar-refractivity contribution in [1.29, 1.82) is 0 Å². The third-order valence-electron chi connectivity index (χ3n) is 5.87. The van der Waals surface area contributed by atoms with E-state index in [9.17, 15) is 0 Å². The molecular weight excluding hydrogens is 284 g/mol. The second-order valence-corrected chi connectivity index (χ2v) is 7.17. The molecule has 0 aliphatic heterocycles. The van der Waals surface area contributed by atoms with Crippen LogP contribution in [0.25, 0.3) is 16.5 Å². The van der Waals surface area contributed by atoms with E-state index < -0.39 is 0 Å². The summed E-state index contributed by atoms with van der Waals surface area (Å²) in [4.78, 5) is 0. The Hall–Kier alpha value is -1.32. The fourth-order valence-corrected chi connectivity index (χ4v) is 5.62. The summed E-state index contributed by atoms with van der Waals surface area (Å²) < 4.78 is 5.72. The SMILES string of the molecule is COC1C(Cl)=C2c3ccc4[nH]ncc4c3C[C@@]23CC[C@@H]1C3. The summed E-state index contributed by atoms with van der Waals surface area (Å²) in [5.74, 6) is 0.584. The molecule has 1 unspecified atom stereocenters. The van der Waals surface area contributed by atoms with Gasteiger partial charge in [0.15, 0.2) is 0 Å². The molecule has 4 heteroatoms. The Bertz CT molecular complexity index is 793. The van der Waals surface area contributed by atoms with Gasteiger partial charge in [0.1, 0.15) is 0 Å². The molecule has 1 fully saturated rings. The highest BCUT2D eigenvalue weighted by Crippen LogP contribution is 2.64. The number of ether oxygens (including phenoxy) is 1. The number of allylic oxidation sites excluding steroid dienone is 1. The number of fused-ring (bicyclic) bond motifs is 5. The van der Waals surface area contributed by atoms with E-state index in [-0.39, 0.29) is 11.5 Å². The second-order valence-electron chi connectivity index (χ2n) is 6.76. The highest BCUT2D eigenvalue weighted by Gasteiger charge is 2.54. The Morgan fingerprint density at radius 2 is 2.33 bits per heavy atom. The largest absolute Gasteiger partial charge is 0.376 e. The molecule has 1 N–H and O–H groups in total. The molecule has 0 saturated heterocycles. The molecule has 3 nitrogen and oxygen atoms in total. The average Bonchev–Trinajstić information content (AvgIpc) is 3.15. The van der Waals surface area contributed by atoms with Gasteiger partial charge >= 0.3 is 0 Å². The first-order valence-corrected chi connectivity index (χ1v) is 7.99. The maximum atomic E-state index is 6.79. The molecule has 21 heavy (non-hydrogen) atoms. The summed E-state index contributed by atoms with van der Waals surface area (Å²) in [6.07, 6.45) is 6.82. The highest BCUT2D eigenvalue weighted by molar-refractivity contribution is 6.34. The van der Waals surface area contributed by atoms with Gasteiger partial charge in [-0.2, -0.15) is 5.10 Å². The summed E-state index contributed by atoms with van der Waals surface area (Å²) in [5, 5.41) is 9.49. The zero-order valence-corrected chi connectivity index (χ0v) is 12.7. The molecule has 3 atom stereocenters. The maximum Gasteiger partial charge on any atom is 0.0958 e. The number of rotatable bonds is 1. The van der Waals surface area contributed by atoms with Gasteiger partial charge in [0.2, 0.25) is 0 Å². The summed E-state index contributed by atoms with van der Waals surface area (Å²) >= 11 is 6.79. The second kappa shape index (κ2) is 3.90. The smallest absolute Gasteiger partial charge is 0.0958 e. The first-order chi connectivity index (χ1) is 10.2. The zero-order chi connectivity index (χ0) is 14.2. The topological polar surface area (TPSA) is 37.9 Å². The number of nitrogens with one attached hydrogen (secondary N) is 1. The van der Waals surface area contributed by atoms with Crippen LogP contribution in [0.15, 0.2) is 23.4 Å². The molecular formula is C17H17ClN2O. The molecule has 3 aliphatic carbocycles. The lowest BCUT2D eigenvalue weighted by Crippen LogP contribution is -2.30. The molecule has 2 aromatic rings. The van der Waals surface area contributed by atoms with E-state index in [1.807, 2.05) is 6.20 Å². The molecule has 0 radical (unpaired) electrons. The minimum atomic E-state index is 0.0864. The normalized spacial score (nSPS) is 33.6. The van der Waals surface area contributed by atoms with Crippen LogP contribution >= 0.6 is 11.6 Å². The van der Waals surface area contributed by atoms with Crippen molar-refractivity contribution in [1.82, 2.24) is 10.2 Å². The summed E-state index contributed by atoms with van der Waals surface area (Å²) in [6, 6.07) is 4.34. The van der Waals surface area contributed by atoms with Crippen LogP contribution < -0.4 is 0 Å². The van der Waals surface area contributed by atoms with E-state index in [0.29, 0.717) is 5.92 Å². The number of methoxy groups -OCH3 is 1. The molecule has 0 amide bonds. The lowest BCUT2D eigenvalue weighted by atomic mass is 9.74.